The van der Waals surface area contributed by atoms with E-state index >= 15 is 0 Å². The number of aromatic nitrogens is 2. The lowest BCUT2D eigenvalue weighted by Crippen LogP contribution is -2.44. The molecule has 0 radical (unpaired) electrons. The van der Waals surface area contributed by atoms with Crippen LogP contribution in [0.5, 0.6) is 0 Å². The first-order valence-electron chi connectivity index (χ1n) is 13.0. The number of rotatable bonds is 10. The Kier molecular flexibility index (Phi) is 8.38. The number of fused-ring (bicyclic) bond motifs is 1. The van der Waals surface area contributed by atoms with Gasteiger partial charge in [0.25, 0.3) is 0 Å². The van der Waals surface area contributed by atoms with Crippen molar-refractivity contribution in [2.75, 3.05) is 11.9 Å². The van der Waals surface area contributed by atoms with Crippen LogP contribution in [0.25, 0.3) is 11.0 Å². The van der Waals surface area contributed by atoms with E-state index in [1.165, 1.54) is 41.2 Å². The molecule has 3 N–H and O–H groups in total. The molecule has 1 aliphatic carbocycles. The van der Waals surface area contributed by atoms with E-state index in [0.717, 1.165) is 32.2 Å². The van der Waals surface area contributed by atoms with Crippen LogP contribution in [0.15, 0.2) is 23.0 Å². The number of unbranched alkanes of at least 4 members (excludes halogenated alkanes) is 3. The Morgan fingerprint density at radius 2 is 1.80 bits per heavy atom. The fourth-order valence-electron chi connectivity index (χ4n) is 5.36. The zero-order valence-electron chi connectivity index (χ0n) is 20.6. The first-order chi connectivity index (χ1) is 17.0. The standard InChI is InChI=1S/C26H37N5O4/c1-30-24-19(28-22(32)14-7-2-3-8-17-27-18-10-5-4-6-11-18)12-9-13-20(24)31(26(30)35)21-15-16-23(33)29-25(21)34/h9,12-13,18,21,27H,2-8,10-11,14-17H2,1H3,(H,28,32)(H,29,33,34). The zero-order chi connectivity index (χ0) is 24.8. The molecule has 1 saturated heterocycles. The Hall–Kier alpha value is -2.94. The van der Waals surface area contributed by atoms with Crippen LogP contribution in [-0.4, -0.2) is 39.4 Å². The molecule has 2 heterocycles. The number of imidazole rings is 1. The summed E-state index contributed by atoms with van der Waals surface area (Å²) in [5.74, 6) is -0.883. The number of imide groups is 1. The topological polar surface area (TPSA) is 114 Å². The van der Waals surface area contributed by atoms with Gasteiger partial charge in [-0.1, -0.05) is 38.2 Å². The maximum Gasteiger partial charge on any atom is 0.329 e. The van der Waals surface area contributed by atoms with Crippen molar-refractivity contribution in [3.8, 4) is 0 Å². The van der Waals surface area contributed by atoms with Crippen LogP contribution in [-0.2, 0) is 21.4 Å². The van der Waals surface area contributed by atoms with E-state index in [-0.39, 0.29) is 30.3 Å². The van der Waals surface area contributed by atoms with Crippen LogP contribution >= 0.6 is 0 Å². The Balaban J connectivity index is 1.30. The van der Waals surface area contributed by atoms with Gasteiger partial charge in [-0.05, 0) is 50.8 Å². The van der Waals surface area contributed by atoms with Crippen LogP contribution < -0.4 is 21.6 Å². The van der Waals surface area contributed by atoms with Crippen molar-refractivity contribution in [1.29, 1.82) is 0 Å². The third-order valence-corrected chi connectivity index (χ3v) is 7.27. The predicted octanol–water partition coefficient (Wildman–Crippen LogP) is 3.13. The summed E-state index contributed by atoms with van der Waals surface area (Å²) in [4.78, 5) is 49.5. The molecule has 2 aromatic rings. The lowest BCUT2D eigenvalue weighted by molar-refractivity contribution is -0.135. The second-order valence-electron chi connectivity index (χ2n) is 9.85. The number of carbonyl (C=O) groups excluding carboxylic acids is 3. The molecular formula is C26H37N5O4. The van der Waals surface area contributed by atoms with Crippen molar-refractivity contribution in [2.24, 2.45) is 7.05 Å². The largest absolute Gasteiger partial charge is 0.329 e. The van der Waals surface area contributed by atoms with Gasteiger partial charge in [0.2, 0.25) is 17.7 Å². The maximum absolute atomic E-state index is 13.0. The van der Waals surface area contributed by atoms with Crippen molar-refractivity contribution in [1.82, 2.24) is 19.8 Å². The van der Waals surface area contributed by atoms with Gasteiger partial charge < -0.3 is 10.6 Å². The van der Waals surface area contributed by atoms with Gasteiger partial charge in [0, 0.05) is 25.9 Å². The Morgan fingerprint density at radius 1 is 1.03 bits per heavy atom. The molecule has 1 aromatic heterocycles. The SMILES string of the molecule is Cn1c(=O)n(C2CCC(=O)NC2=O)c2cccc(NC(=O)CCCCCCNC3CCCCC3)c21. The highest BCUT2D eigenvalue weighted by Gasteiger charge is 2.31. The molecule has 3 amide bonds. The zero-order valence-corrected chi connectivity index (χ0v) is 20.6. The normalized spacial score (nSPS) is 19.2. The summed E-state index contributed by atoms with van der Waals surface area (Å²) < 4.78 is 2.88. The number of nitrogens with zero attached hydrogens (tertiary/aromatic N) is 2. The van der Waals surface area contributed by atoms with E-state index in [0.29, 0.717) is 29.2 Å². The molecule has 9 nitrogen and oxygen atoms in total. The average Bonchev–Trinajstić information content (AvgIpc) is 3.10. The molecule has 0 bridgehead atoms. The highest BCUT2D eigenvalue weighted by Crippen LogP contribution is 2.27. The van der Waals surface area contributed by atoms with E-state index < -0.39 is 11.9 Å². The summed E-state index contributed by atoms with van der Waals surface area (Å²) in [7, 11) is 1.63. The van der Waals surface area contributed by atoms with E-state index in [9.17, 15) is 19.2 Å². The molecule has 4 rings (SSSR count). The third kappa shape index (κ3) is 6.01. The Bertz CT molecular complexity index is 1130. The van der Waals surface area contributed by atoms with Gasteiger partial charge in [-0.2, -0.15) is 0 Å². The predicted molar refractivity (Wildman–Crippen MR) is 135 cm³/mol. The quantitative estimate of drug-likeness (QED) is 0.355. The number of amides is 3. The van der Waals surface area contributed by atoms with Crippen LogP contribution in [0.3, 0.4) is 0 Å². The smallest absolute Gasteiger partial charge is 0.324 e. The lowest BCUT2D eigenvalue weighted by atomic mass is 9.95. The number of benzene rings is 1. The van der Waals surface area contributed by atoms with Crippen molar-refractivity contribution in [3.63, 3.8) is 0 Å². The number of piperidine rings is 1. The lowest BCUT2D eigenvalue weighted by Gasteiger charge is -2.22. The number of hydrogen-bond acceptors (Lipinski definition) is 5. The minimum absolute atomic E-state index is 0.0842. The summed E-state index contributed by atoms with van der Waals surface area (Å²) in [6.45, 7) is 1.05. The Morgan fingerprint density at radius 3 is 2.57 bits per heavy atom. The highest BCUT2D eigenvalue weighted by atomic mass is 16.2. The molecule has 35 heavy (non-hydrogen) atoms. The summed E-state index contributed by atoms with van der Waals surface area (Å²) in [6, 6.07) is 5.24. The second kappa shape index (κ2) is 11.7. The number of nitrogens with one attached hydrogen (secondary N) is 3. The van der Waals surface area contributed by atoms with Gasteiger partial charge in [-0.25, -0.2) is 4.79 Å². The second-order valence-corrected chi connectivity index (χ2v) is 9.85. The number of aryl methyl sites for hydroxylation is 1. The van der Waals surface area contributed by atoms with Crippen LogP contribution in [0.4, 0.5) is 5.69 Å². The molecule has 0 spiro atoms. The van der Waals surface area contributed by atoms with E-state index in [1.807, 2.05) is 0 Å². The van der Waals surface area contributed by atoms with Gasteiger partial charge in [0.05, 0.1) is 16.7 Å². The molecule has 190 valence electrons. The molecule has 9 heteroatoms. The summed E-state index contributed by atoms with van der Waals surface area (Å²) >= 11 is 0. The monoisotopic (exact) mass is 483 g/mol. The molecule has 1 unspecified atom stereocenters. The average molecular weight is 484 g/mol. The third-order valence-electron chi connectivity index (χ3n) is 7.27. The molecular weight excluding hydrogens is 446 g/mol. The molecule has 1 aliphatic heterocycles. The summed E-state index contributed by atoms with van der Waals surface area (Å²) in [5.41, 5.74) is 1.34. The molecule has 1 atom stereocenters. The number of hydrogen-bond donors (Lipinski definition) is 3. The number of carbonyl (C=O) groups is 3. The minimum Gasteiger partial charge on any atom is -0.324 e. The van der Waals surface area contributed by atoms with Crippen LogP contribution in [0, 0.1) is 0 Å². The minimum atomic E-state index is -0.748. The highest BCUT2D eigenvalue weighted by molar-refractivity contribution is 6.02. The van der Waals surface area contributed by atoms with Gasteiger partial charge in [0.1, 0.15) is 6.04 Å². The van der Waals surface area contributed by atoms with Crippen LogP contribution in [0.1, 0.15) is 83.1 Å². The molecule has 1 saturated carbocycles. The van der Waals surface area contributed by atoms with E-state index in [1.54, 1.807) is 25.2 Å². The van der Waals surface area contributed by atoms with Gasteiger partial charge >= 0.3 is 5.69 Å². The molecule has 1 aromatic carbocycles. The van der Waals surface area contributed by atoms with Crippen LogP contribution in [0.2, 0.25) is 0 Å². The van der Waals surface area contributed by atoms with E-state index in [2.05, 4.69) is 16.0 Å². The fraction of sp³-hybridized carbons (Fsp3) is 0.615. The summed E-state index contributed by atoms with van der Waals surface area (Å²) in [6.07, 6.45) is 11.6. The van der Waals surface area contributed by atoms with Gasteiger partial charge in [-0.3, -0.25) is 28.8 Å². The number of para-hydroxylation sites is 1. The fourth-order valence-corrected chi connectivity index (χ4v) is 5.36. The van der Waals surface area contributed by atoms with Gasteiger partial charge in [0.15, 0.2) is 0 Å². The summed E-state index contributed by atoms with van der Waals surface area (Å²) in [5, 5.41) is 8.93. The van der Waals surface area contributed by atoms with Crippen molar-refractivity contribution in [3.05, 3.63) is 28.7 Å². The van der Waals surface area contributed by atoms with Gasteiger partial charge in [-0.15, -0.1) is 0 Å². The van der Waals surface area contributed by atoms with Crippen molar-refractivity contribution < 1.29 is 14.4 Å². The van der Waals surface area contributed by atoms with E-state index in [4.69, 9.17) is 0 Å². The first-order valence-corrected chi connectivity index (χ1v) is 13.0. The maximum atomic E-state index is 13.0. The number of anilines is 1. The first kappa shape index (κ1) is 25.2. The van der Waals surface area contributed by atoms with Crippen molar-refractivity contribution >= 4 is 34.4 Å². The molecule has 2 aliphatic rings. The molecule has 2 fully saturated rings. The Labute approximate surface area is 205 Å². The van der Waals surface area contributed by atoms with Crippen molar-refractivity contribution in [2.45, 2.75) is 89.1 Å².